The highest BCUT2D eigenvalue weighted by Gasteiger charge is 2.32. The van der Waals surface area contributed by atoms with Gasteiger partial charge in [0.15, 0.2) is 0 Å². The molecule has 0 spiro atoms. The highest BCUT2D eigenvalue weighted by molar-refractivity contribution is 6.31. The predicted molar refractivity (Wildman–Crippen MR) is 92.8 cm³/mol. The molecule has 10 heteroatoms. The van der Waals surface area contributed by atoms with Gasteiger partial charge in [0.25, 0.3) is 0 Å². The van der Waals surface area contributed by atoms with Gasteiger partial charge in [0.2, 0.25) is 5.88 Å². The van der Waals surface area contributed by atoms with Crippen LogP contribution in [0.25, 0.3) is 11.1 Å². The van der Waals surface area contributed by atoms with E-state index in [0.717, 1.165) is 5.01 Å². The van der Waals surface area contributed by atoms with Gasteiger partial charge in [-0.2, -0.15) is 13.2 Å². The highest BCUT2D eigenvalue weighted by atomic mass is 35.5. The monoisotopic (exact) mass is 388 g/mol. The summed E-state index contributed by atoms with van der Waals surface area (Å²) in [5, 5.41) is 1.11. The maximum atomic E-state index is 12.7. The second kappa shape index (κ2) is 7.71. The van der Waals surface area contributed by atoms with E-state index in [4.69, 9.17) is 32.7 Å². The van der Waals surface area contributed by atoms with Crippen LogP contribution in [0.2, 0.25) is 5.02 Å². The van der Waals surface area contributed by atoms with E-state index < -0.39 is 11.9 Å². The van der Waals surface area contributed by atoms with Gasteiger partial charge in [0.05, 0.1) is 26.1 Å². The second-order valence-corrected chi connectivity index (χ2v) is 5.51. The Bertz CT molecular complexity index is 828. The Kier molecular flexibility index (Phi) is 5.83. The molecule has 0 saturated carbocycles. The van der Waals surface area contributed by atoms with Gasteiger partial charge in [-0.05, 0) is 18.2 Å². The van der Waals surface area contributed by atoms with Crippen LogP contribution in [0.3, 0.4) is 0 Å². The molecule has 1 aromatic heterocycles. The van der Waals surface area contributed by atoms with Gasteiger partial charge < -0.3 is 15.2 Å². The molecule has 1 heterocycles. The fourth-order valence-corrected chi connectivity index (χ4v) is 2.32. The largest absolute Gasteiger partial charge is 0.494 e. The number of alkyl halides is 3. The smallest absolute Gasteiger partial charge is 0.432 e. The molecule has 6 nitrogen and oxygen atoms in total. The first-order valence-electron chi connectivity index (χ1n) is 7.13. The minimum atomic E-state index is -4.71. The molecule has 0 aliphatic carbocycles. The van der Waals surface area contributed by atoms with E-state index >= 15 is 0 Å². The molecule has 0 radical (unpaired) electrons. The van der Waals surface area contributed by atoms with Crippen molar-refractivity contribution in [2.75, 3.05) is 19.2 Å². The Balaban J connectivity index is 2.63. The average molecular weight is 389 g/mol. The lowest BCUT2D eigenvalue weighted by Crippen LogP contribution is -2.30. The third-order valence-corrected chi connectivity index (χ3v) is 3.64. The van der Waals surface area contributed by atoms with E-state index in [1.807, 2.05) is 0 Å². The van der Waals surface area contributed by atoms with Crippen LogP contribution in [-0.4, -0.2) is 25.4 Å². The summed E-state index contributed by atoms with van der Waals surface area (Å²) in [5.74, 6) is 6.42. The second-order valence-electron chi connectivity index (χ2n) is 5.08. The SMILES string of the molecule is COc1cc(-c2cc(Cl)ccc2N(N)/C=C(\N)C(F)(F)F)c(OC)cn1. The van der Waals surface area contributed by atoms with Crippen molar-refractivity contribution in [3.05, 3.63) is 47.4 Å². The van der Waals surface area contributed by atoms with Crippen molar-refractivity contribution in [1.29, 1.82) is 0 Å². The first-order valence-corrected chi connectivity index (χ1v) is 7.51. The Morgan fingerprint density at radius 1 is 1.19 bits per heavy atom. The zero-order chi connectivity index (χ0) is 19.5. The molecular formula is C16H16ClF3N4O2. The summed E-state index contributed by atoms with van der Waals surface area (Å²) in [4.78, 5) is 4.03. The van der Waals surface area contributed by atoms with Crippen molar-refractivity contribution in [2.45, 2.75) is 6.18 Å². The summed E-state index contributed by atoms with van der Waals surface area (Å²) in [5.41, 5.74) is 4.80. The zero-order valence-electron chi connectivity index (χ0n) is 13.8. The number of hydrazine groups is 1. The van der Waals surface area contributed by atoms with Crippen LogP contribution in [-0.2, 0) is 0 Å². The number of pyridine rings is 1. The van der Waals surface area contributed by atoms with E-state index in [9.17, 15) is 13.2 Å². The Morgan fingerprint density at radius 3 is 2.46 bits per heavy atom. The van der Waals surface area contributed by atoms with E-state index in [1.54, 1.807) is 6.07 Å². The van der Waals surface area contributed by atoms with Crippen LogP contribution >= 0.6 is 11.6 Å². The molecule has 0 amide bonds. The Morgan fingerprint density at radius 2 is 1.88 bits per heavy atom. The van der Waals surface area contributed by atoms with Crippen LogP contribution < -0.4 is 26.1 Å². The van der Waals surface area contributed by atoms with E-state index in [-0.39, 0.29) is 11.6 Å². The minimum Gasteiger partial charge on any atom is -0.494 e. The third-order valence-electron chi connectivity index (χ3n) is 3.40. The number of halogens is 4. The lowest BCUT2D eigenvalue weighted by Gasteiger charge is -2.21. The summed E-state index contributed by atoms with van der Waals surface area (Å²) in [6, 6.07) is 6.04. The topological polar surface area (TPSA) is 86.6 Å². The number of ether oxygens (including phenoxy) is 2. The molecule has 0 aliphatic rings. The van der Waals surface area contributed by atoms with Gasteiger partial charge in [-0.3, -0.25) is 5.01 Å². The van der Waals surface area contributed by atoms with Crippen LogP contribution in [0.1, 0.15) is 0 Å². The molecule has 0 bridgehead atoms. The van der Waals surface area contributed by atoms with Gasteiger partial charge in [-0.15, -0.1) is 0 Å². The zero-order valence-corrected chi connectivity index (χ0v) is 14.6. The molecular weight excluding hydrogens is 373 g/mol. The number of hydrogen-bond acceptors (Lipinski definition) is 6. The Labute approximate surface area is 152 Å². The van der Waals surface area contributed by atoms with Crippen LogP contribution in [0.4, 0.5) is 18.9 Å². The summed E-state index contributed by atoms with van der Waals surface area (Å²) in [6.45, 7) is 0. The minimum absolute atomic E-state index is 0.216. The number of nitrogens with zero attached hydrogens (tertiary/aromatic N) is 2. The highest BCUT2D eigenvalue weighted by Crippen LogP contribution is 2.39. The molecule has 1 aromatic carbocycles. The van der Waals surface area contributed by atoms with Crippen molar-refractivity contribution >= 4 is 17.3 Å². The van der Waals surface area contributed by atoms with E-state index in [1.165, 1.54) is 38.6 Å². The van der Waals surface area contributed by atoms with Gasteiger partial charge >= 0.3 is 6.18 Å². The number of nitrogens with two attached hydrogens (primary N) is 2. The maximum Gasteiger partial charge on any atom is 0.432 e. The number of anilines is 1. The van der Waals surface area contributed by atoms with E-state index in [2.05, 4.69) is 4.98 Å². The maximum absolute atomic E-state index is 12.7. The fraction of sp³-hybridized carbons (Fsp3) is 0.188. The summed E-state index contributed by atoms with van der Waals surface area (Å²) in [6.07, 6.45) is -2.71. The van der Waals surface area contributed by atoms with Gasteiger partial charge in [0, 0.05) is 28.4 Å². The van der Waals surface area contributed by atoms with Crippen molar-refractivity contribution in [1.82, 2.24) is 4.98 Å². The van der Waals surface area contributed by atoms with Crippen LogP contribution in [0.5, 0.6) is 11.6 Å². The third kappa shape index (κ3) is 4.30. The van der Waals surface area contributed by atoms with Crippen LogP contribution in [0, 0.1) is 0 Å². The van der Waals surface area contributed by atoms with Crippen LogP contribution in [0.15, 0.2) is 42.4 Å². The first-order chi connectivity index (χ1) is 12.2. The molecule has 2 aromatic rings. The fourth-order valence-electron chi connectivity index (χ4n) is 2.15. The van der Waals surface area contributed by atoms with Crippen molar-refractivity contribution in [2.24, 2.45) is 11.6 Å². The lowest BCUT2D eigenvalue weighted by molar-refractivity contribution is -0.0928. The molecule has 0 unspecified atom stereocenters. The molecule has 140 valence electrons. The molecule has 0 atom stereocenters. The molecule has 0 aliphatic heterocycles. The molecule has 4 N–H and O–H groups in total. The predicted octanol–water partition coefficient (Wildman–Crippen LogP) is 3.46. The molecule has 26 heavy (non-hydrogen) atoms. The number of benzene rings is 1. The summed E-state index contributed by atoms with van der Waals surface area (Å²) in [7, 11) is 2.86. The number of allylic oxidation sites excluding steroid dienone is 1. The number of rotatable bonds is 5. The van der Waals surface area contributed by atoms with Gasteiger partial charge in [0.1, 0.15) is 11.4 Å². The number of methoxy groups -OCH3 is 2. The van der Waals surface area contributed by atoms with E-state index in [0.29, 0.717) is 28.1 Å². The standard InChI is InChI=1S/C16H16ClF3N4O2/c1-25-13-7-23-15(26-2)6-11(13)10-5-9(17)3-4-12(10)24(22)8-14(21)16(18,19)20/h3-8H,21-22H2,1-2H3/b14-8-. The lowest BCUT2D eigenvalue weighted by atomic mass is 10.0. The van der Waals surface area contributed by atoms with Gasteiger partial charge in [-0.1, -0.05) is 11.6 Å². The summed E-state index contributed by atoms with van der Waals surface area (Å²) < 4.78 is 48.4. The van der Waals surface area contributed by atoms with Crippen molar-refractivity contribution in [3.8, 4) is 22.8 Å². The summed E-state index contributed by atoms with van der Waals surface area (Å²) >= 11 is 6.05. The number of hydrogen-bond donors (Lipinski definition) is 2. The Hall–Kier alpha value is -2.65. The van der Waals surface area contributed by atoms with Crippen molar-refractivity contribution < 1.29 is 22.6 Å². The van der Waals surface area contributed by atoms with Gasteiger partial charge in [-0.25, -0.2) is 10.8 Å². The molecule has 0 saturated heterocycles. The quantitative estimate of drug-likeness (QED) is 0.602. The first kappa shape index (κ1) is 19.7. The number of aromatic nitrogens is 1. The normalized spacial score (nSPS) is 12.0. The molecule has 2 rings (SSSR count). The average Bonchev–Trinajstić information content (AvgIpc) is 2.60. The molecule has 0 fully saturated rings. The van der Waals surface area contributed by atoms with Crippen molar-refractivity contribution in [3.63, 3.8) is 0 Å².